The highest BCUT2D eigenvalue weighted by atomic mass is 16.5. The van der Waals surface area contributed by atoms with Crippen molar-refractivity contribution < 1.29 is 14.3 Å². The van der Waals surface area contributed by atoms with Crippen LogP contribution in [0.4, 0.5) is 0 Å². The molecule has 1 aliphatic rings. The number of carbonyl (C=O) groups is 1. The molecule has 0 spiro atoms. The van der Waals surface area contributed by atoms with E-state index in [1.165, 1.54) is 7.11 Å². The third-order valence-electron chi connectivity index (χ3n) is 2.83. The molecule has 0 radical (unpaired) electrons. The summed E-state index contributed by atoms with van der Waals surface area (Å²) in [6.07, 6.45) is 2.93. The molecule has 1 heterocycles. The van der Waals surface area contributed by atoms with Gasteiger partial charge in [0, 0.05) is 13.2 Å². The number of carbonyl (C=O) groups excluding carboxylic acids is 1. The summed E-state index contributed by atoms with van der Waals surface area (Å²) in [6, 6.07) is 0. The Kier molecular flexibility index (Phi) is 3.89. The van der Waals surface area contributed by atoms with Crippen molar-refractivity contribution >= 4 is 5.97 Å². The van der Waals surface area contributed by atoms with Crippen molar-refractivity contribution in [2.45, 2.75) is 32.3 Å². The van der Waals surface area contributed by atoms with Gasteiger partial charge in [-0.1, -0.05) is 0 Å². The van der Waals surface area contributed by atoms with E-state index in [1.54, 1.807) is 0 Å². The number of hydrogen-bond donors (Lipinski definition) is 1. The van der Waals surface area contributed by atoms with E-state index < -0.39 is 5.41 Å². The summed E-state index contributed by atoms with van der Waals surface area (Å²) >= 11 is 0. The Bertz CT molecular complexity index is 202. The van der Waals surface area contributed by atoms with E-state index in [-0.39, 0.29) is 12.1 Å². The van der Waals surface area contributed by atoms with Crippen LogP contribution in [0.15, 0.2) is 0 Å². The second-order valence-corrected chi connectivity index (χ2v) is 4.10. The maximum atomic E-state index is 11.5. The van der Waals surface area contributed by atoms with E-state index in [4.69, 9.17) is 15.2 Å². The number of esters is 1. The number of ether oxygens (including phenoxy) is 2. The third kappa shape index (κ3) is 2.45. The average Bonchev–Trinajstić information content (AvgIpc) is 2.68. The fourth-order valence-corrected chi connectivity index (χ4v) is 1.80. The average molecular weight is 201 g/mol. The van der Waals surface area contributed by atoms with Gasteiger partial charge in [0.25, 0.3) is 0 Å². The molecule has 1 saturated heterocycles. The molecular weight excluding hydrogens is 182 g/mol. The Balaban J connectivity index is 2.55. The summed E-state index contributed by atoms with van der Waals surface area (Å²) in [7, 11) is 1.39. The molecule has 14 heavy (non-hydrogen) atoms. The first-order valence-electron chi connectivity index (χ1n) is 5.02. The zero-order chi connectivity index (χ0) is 10.6. The lowest BCUT2D eigenvalue weighted by molar-refractivity contribution is -0.153. The van der Waals surface area contributed by atoms with Crippen LogP contribution >= 0.6 is 0 Å². The van der Waals surface area contributed by atoms with E-state index in [9.17, 15) is 4.79 Å². The summed E-state index contributed by atoms with van der Waals surface area (Å²) in [5.41, 5.74) is 5.01. The third-order valence-corrected chi connectivity index (χ3v) is 2.83. The molecule has 4 nitrogen and oxygen atoms in total. The lowest BCUT2D eigenvalue weighted by atomic mass is 9.84. The summed E-state index contributed by atoms with van der Waals surface area (Å²) in [6.45, 7) is 2.94. The quantitative estimate of drug-likeness (QED) is 0.680. The van der Waals surface area contributed by atoms with Crippen LogP contribution in [-0.2, 0) is 14.3 Å². The predicted octanol–water partition coefficient (Wildman–Crippen LogP) is 0.693. The standard InChI is InChI=1S/C10H19NO3/c1-10(7-11,9(12)13-2)6-8-4-3-5-14-8/h8H,3-7,11H2,1-2H3. The molecule has 0 aromatic rings. The summed E-state index contributed by atoms with van der Waals surface area (Å²) in [5.74, 6) is -0.240. The van der Waals surface area contributed by atoms with Crippen molar-refractivity contribution in [3.63, 3.8) is 0 Å². The molecule has 82 valence electrons. The van der Waals surface area contributed by atoms with E-state index >= 15 is 0 Å². The Morgan fingerprint density at radius 3 is 2.86 bits per heavy atom. The second kappa shape index (κ2) is 4.75. The van der Waals surface area contributed by atoms with Crippen LogP contribution < -0.4 is 5.73 Å². The number of hydrogen-bond acceptors (Lipinski definition) is 4. The van der Waals surface area contributed by atoms with Crippen LogP contribution in [0.5, 0.6) is 0 Å². The van der Waals surface area contributed by atoms with Gasteiger partial charge in [-0.25, -0.2) is 0 Å². The van der Waals surface area contributed by atoms with Gasteiger partial charge in [0.2, 0.25) is 0 Å². The smallest absolute Gasteiger partial charge is 0.312 e. The largest absolute Gasteiger partial charge is 0.469 e. The lowest BCUT2D eigenvalue weighted by Crippen LogP contribution is -2.39. The monoisotopic (exact) mass is 201 g/mol. The van der Waals surface area contributed by atoms with E-state index in [2.05, 4.69) is 0 Å². The fraction of sp³-hybridized carbons (Fsp3) is 0.900. The Morgan fingerprint density at radius 1 is 1.71 bits per heavy atom. The molecule has 0 aromatic carbocycles. The van der Waals surface area contributed by atoms with Gasteiger partial charge in [0.1, 0.15) is 0 Å². The van der Waals surface area contributed by atoms with E-state index in [1.807, 2.05) is 6.92 Å². The Labute approximate surface area is 84.7 Å². The Hall–Kier alpha value is -0.610. The molecule has 0 aliphatic carbocycles. The second-order valence-electron chi connectivity index (χ2n) is 4.10. The number of methoxy groups -OCH3 is 1. The molecule has 0 bridgehead atoms. The highest BCUT2D eigenvalue weighted by Gasteiger charge is 2.36. The van der Waals surface area contributed by atoms with Crippen LogP contribution in [0.3, 0.4) is 0 Å². The van der Waals surface area contributed by atoms with Gasteiger partial charge in [-0.05, 0) is 26.2 Å². The van der Waals surface area contributed by atoms with Gasteiger partial charge in [-0.2, -0.15) is 0 Å². The van der Waals surface area contributed by atoms with Crippen LogP contribution in [0.1, 0.15) is 26.2 Å². The first kappa shape index (κ1) is 11.5. The van der Waals surface area contributed by atoms with Gasteiger partial charge in [-0.3, -0.25) is 4.79 Å². The van der Waals surface area contributed by atoms with Gasteiger partial charge in [-0.15, -0.1) is 0 Å². The van der Waals surface area contributed by atoms with Crippen molar-refractivity contribution in [3.05, 3.63) is 0 Å². The molecule has 1 aliphatic heterocycles. The molecular formula is C10H19NO3. The first-order chi connectivity index (χ1) is 6.62. The molecule has 2 unspecified atom stereocenters. The molecule has 0 saturated carbocycles. The van der Waals surface area contributed by atoms with Gasteiger partial charge >= 0.3 is 5.97 Å². The van der Waals surface area contributed by atoms with Crippen molar-refractivity contribution in [3.8, 4) is 0 Å². The normalized spacial score (nSPS) is 25.8. The minimum absolute atomic E-state index is 0.169. The van der Waals surface area contributed by atoms with E-state index in [0.29, 0.717) is 13.0 Å². The zero-order valence-corrected chi connectivity index (χ0v) is 8.91. The summed E-state index contributed by atoms with van der Waals surface area (Å²) in [4.78, 5) is 11.5. The van der Waals surface area contributed by atoms with Crippen LogP contribution in [0, 0.1) is 5.41 Å². The fourth-order valence-electron chi connectivity index (χ4n) is 1.80. The zero-order valence-electron chi connectivity index (χ0n) is 8.91. The summed E-state index contributed by atoms with van der Waals surface area (Å²) < 4.78 is 10.2. The first-order valence-corrected chi connectivity index (χ1v) is 5.02. The van der Waals surface area contributed by atoms with Crippen molar-refractivity contribution in [1.29, 1.82) is 0 Å². The minimum atomic E-state index is -0.593. The summed E-state index contributed by atoms with van der Waals surface area (Å²) in [5, 5.41) is 0. The molecule has 0 aromatic heterocycles. The van der Waals surface area contributed by atoms with Crippen molar-refractivity contribution in [1.82, 2.24) is 0 Å². The lowest BCUT2D eigenvalue weighted by Gasteiger charge is -2.27. The molecule has 0 amide bonds. The minimum Gasteiger partial charge on any atom is -0.469 e. The van der Waals surface area contributed by atoms with E-state index in [0.717, 1.165) is 19.4 Å². The maximum Gasteiger partial charge on any atom is 0.312 e. The Morgan fingerprint density at radius 2 is 2.43 bits per heavy atom. The molecule has 4 heteroatoms. The molecule has 2 atom stereocenters. The van der Waals surface area contributed by atoms with Crippen LogP contribution in [0.25, 0.3) is 0 Å². The SMILES string of the molecule is COC(=O)C(C)(CN)CC1CCCO1. The highest BCUT2D eigenvalue weighted by Crippen LogP contribution is 2.29. The molecule has 2 N–H and O–H groups in total. The van der Waals surface area contributed by atoms with Crippen molar-refractivity contribution in [2.75, 3.05) is 20.3 Å². The van der Waals surface area contributed by atoms with Crippen LogP contribution in [-0.4, -0.2) is 32.3 Å². The topological polar surface area (TPSA) is 61.5 Å². The maximum absolute atomic E-state index is 11.5. The van der Waals surface area contributed by atoms with Gasteiger partial charge in [0.05, 0.1) is 18.6 Å². The van der Waals surface area contributed by atoms with Gasteiger partial charge < -0.3 is 15.2 Å². The number of nitrogens with two attached hydrogens (primary N) is 1. The van der Waals surface area contributed by atoms with Gasteiger partial charge in [0.15, 0.2) is 0 Å². The number of rotatable bonds is 4. The molecule has 1 fully saturated rings. The predicted molar refractivity (Wildman–Crippen MR) is 52.8 cm³/mol. The molecule has 1 rings (SSSR count). The van der Waals surface area contributed by atoms with Crippen LogP contribution in [0.2, 0.25) is 0 Å². The van der Waals surface area contributed by atoms with Crippen molar-refractivity contribution in [2.24, 2.45) is 11.1 Å². The highest BCUT2D eigenvalue weighted by molar-refractivity contribution is 5.76.